The molecule has 25 heavy (non-hydrogen) atoms. The zero-order valence-corrected chi connectivity index (χ0v) is 14.5. The zero-order valence-electron chi connectivity index (χ0n) is 14.5. The monoisotopic (exact) mass is 348 g/mol. The fourth-order valence-electron chi connectivity index (χ4n) is 2.30. The number of nitrogens with one attached hydrogen (secondary N) is 2. The number of carbonyl (C=O) groups is 3. The van der Waals surface area contributed by atoms with E-state index in [1.54, 1.807) is 31.2 Å². The number of carboxylic acid groups (broad SMARTS) is 1. The van der Waals surface area contributed by atoms with E-state index in [1.807, 2.05) is 6.92 Å². The molecule has 1 aromatic rings. The van der Waals surface area contributed by atoms with Gasteiger partial charge in [0.2, 0.25) is 5.91 Å². The van der Waals surface area contributed by atoms with E-state index >= 15 is 0 Å². The van der Waals surface area contributed by atoms with Crippen molar-refractivity contribution in [2.75, 3.05) is 11.9 Å². The Kier molecular flexibility index (Phi) is 6.38. The average Bonchev–Trinajstić information content (AvgIpc) is 3.42. The Morgan fingerprint density at radius 2 is 2.04 bits per heavy atom. The smallest absolute Gasteiger partial charge is 0.326 e. The Bertz CT molecular complexity index is 642. The molecule has 0 bridgehead atoms. The fraction of sp³-hybridized carbons (Fsp3) is 0.500. The van der Waals surface area contributed by atoms with Crippen LogP contribution in [-0.4, -0.2) is 35.5 Å². The van der Waals surface area contributed by atoms with Gasteiger partial charge in [0.1, 0.15) is 11.8 Å². The minimum absolute atomic E-state index is 0.00672. The van der Waals surface area contributed by atoms with E-state index in [1.165, 1.54) is 0 Å². The number of amides is 2. The van der Waals surface area contributed by atoms with Gasteiger partial charge in [-0.2, -0.15) is 0 Å². The standard InChI is InChI=1S/C18H24N2O5/c1-3-11(2)16(18(23)24)20-15(21)10-25-14-6-4-5-13(9-14)19-17(22)12-7-8-12/h4-6,9,11-12,16H,3,7-8,10H2,1-2H3,(H,19,22)(H,20,21)(H,23,24)/t11-,16-/m0/s1. The number of benzene rings is 1. The van der Waals surface area contributed by atoms with Gasteiger partial charge in [-0.15, -0.1) is 0 Å². The van der Waals surface area contributed by atoms with Crippen LogP contribution >= 0.6 is 0 Å². The van der Waals surface area contributed by atoms with Gasteiger partial charge < -0.3 is 20.5 Å². The first-order valence-corrected chi connectivity index (χ1v) is 8.46. The van der Waals surface area contributed by atoms with Crippen molar-refractivity contribution < 1.29 is 24.2 Å². The first-order valence-electron chi connectivity index (χ1n) is 8.46. The number of carboxylic acids is 1. The van der Waals surface area contributed by atoms with Crippen LogP contribution in [0, 0.1) is 11.8 Å². The molecule has 0 saturated heterocycles. The Hall–Kier alpha value is -2.57. The van der Waals surface area contributed by atoms with Crippen molar-refractivity contribution in [1.82, 2.24) is 5.32 Å². The van der Waals surface area contributed by atoms with Crippen LogP contribution in [0.15, 0.2) is 24.3 Å². The lowest BCUT2D eigenvalue weighted by atomic mass is 9.99. The van der Waals surface area contributed by atoms with Gasteiger partial charge in [0.15, 0.2) is 6.61 Å². The lowest BCUT2D eigenvalue weighted by Gasteiger charge is -2.20. The minimum atomic E-state index is -1.06. The molecular weight excluding hydrogens is 324 g/mol. The molecular formula is C18H24N2O5. The summed E-state index contributed by atoms with van der Waals surface area (Å²) in [4.78, 5) is 34.9. The molecule has 0 radical (unpaired) electrons. The molecule has 136 valence electrons. The van der Waals surface area contributed by atoms with E-state index in [0.29, 0.717) is 17.9 Å². The highest BCUT2D eigenvalue weighted by Gasteiger charge is 2.29. The highest BCUT2D eigenvalue weighted by molar-refractivity contribution is 5.94. The topological polar surface area (TPSA) is 105 Å². The van der Waals surface area contributed by atoms with Crippen molar-refractivity contribution in [2.24, 2.45) is 11.8 Å². The third kappa shape index (κ3) is 5.77. The second-order valence-electron chi connectivity index (χ2n) is 6.35. The summed E-state index contributed by atoms with van der Waals surface area (Å²) < 4.78 is 5.40. The van der Waals surface area contributed by atoms with Crippen molar-refractivity contribution in [2.45, 2.75) is 39.2 Å². The van der Waals surface area contributed by atoms with E-state index in [9.17, 15) is 19.5 Å². The van der Waals surface area contributed by atoms with E-state index < -0.39 is 17.9 Å². The van der Waals surface area contributed by atoms with E-state index in [-0.39, 0.29) is 24.3 Å². The molecule has 0 aliphatic heterocycles. The van der Waals surface area contributed by atoms with Crippen molar-refractivity contribution in [3.63, 3.8) is 0 Å². The molecule has 0 heterocycles. The molecule has 1 aliphatic rings. The quantitative estimate of drug-likeness (QED) is 0.633. The first-order chi connectivity index (χ1) is 11.9. The molecule has 1 fully saturated rings. The zero-order chi connectivity index (χ0) is 18.4. The Balaban J connectivity index is 1.86. The average molecular weight is 348 g/mol. The molecule has 2 atom stereocenters. The van der Waals surface area contributed by atoms with Crippen LogP contribution in [0.3, 0.4) is 0 Å². The van der Waals surface area contributed by atoms with Crippen LogP contribution in [0.25, 0.3) is 0 Å². The maximum atomic E-state index is 11.9. The molecule has 3 N–H and O–H groups in total. The summed E-state index contributed by atoms with van der Waals surface area (Å²) in [5.74, 6) is -1.22. The first kappa shape index (κ1) is 18.8. The van der Waals surface area contributed by atoms with Crippen LogP contribution in [0.1, 0.15) is 33.1 Å². The summed E-state index contributed by atoms with van der Waals surface area (Å²) in [5, 5.41) is 14.5. The normalized spacial score (nSPS) is 15.8. The minimum Gasteiger partial charge on any atom is -0.484 e. The maximum Gasteiger partial charge on any atom is 0.326 e. The molecule has 2 amide bonds. The van der Waals surface area contributed by atoms with Gasteiger partial charge in [-0.1, -0.05) is 26.3 Å². The van der Waals surface area contributed by atoms with Crippen LogP contribution in [0.2, 0.25) is 0 Å². The largest absolute Gasteiger partial charge is 0.484 e. The van der Waals surface area contributed by atoms with Crippen molar-refractivity contribution in [1.29, 1.82) is 0 Å². The number of rotatable bonds is 9. The maximum absolute atomic E-state index is 11.9. The van der Waals surface area contributed by atoms with Crippen LogP contribution in [-0.2, 0) is 14.4 Å². The molecule has 7 nitrogen and oxygen atoms in total. The van der Waals surface area contributed by atoms with E-state index in [4.69, 9.17) is 4.74 Å². The number of anilines is 1. The molecule has 0 aromatic heterocycles. The number of hydrogen-bond acceptors (Lipinski definition) is 4. The van der Waals surface area contributed by atoms with Crippen molar-refractivity contribution in [3.05, 3.63) is 24.3 Å². The SMILES string of the molecule is CC[C@H](C)[C@H](NC(=O)COc1cccc(NC(=O)C2CC2)c1)C(=O)O. The predicted molar refractivity (Wildman–Crippen MR) is 92.3 cm³/mol. The van der Waals surface area contributed by atoms with Gasteiger partial charge in [-0.3, -0.25) is 9.59 Å². The summed E-state index contributed by atoms with van der Waals surface area (Å²) in [7, 11) is 0. The Morgan fingerprint density at radius 1 is 1.32 bits per heavy atom. The molecule has 1 aliphatic carbocycles. The summed E-state index contributed by atoms with van der Waals surface area (Å²) in [6, 6.07) is 5.83. The van der Waals surface area contributed by atoms with Gasteiger partial charge in [0.25, 0.3) is 5.91 Å². The molecule has 0 unspecified atom stereocenters. The second kappa shape index (κ2) is 8.50. The third-order valence-corrected chi connectivity index (χ3v) is 4.22. The van der Waals surface area contributed by atoms with Gasteiger partial charge >= 0.3 is 5.97 Å². The van der Waals surface area contributed by atoms with Gasteiger partial charge in [-0.25, -0.2) is 4.79 Å². The lowest BCUT2D eigenvalue weighted by molar-refractivity contribution is -0.143. The summed E-state index contributed by atoms with van der Waals surface area (Å²) in [5.41, 5.74) is 0.609. The highest BCUT2D eigenvalue weighted by atomic mass is 16.5. The number of ether oxygens (including phenoxy) is 1. The highest BCUT2D eigenvalue weighted by Crippen LogP contribution is 2.30. The van der Waals surface area contributed by atoms with E-state index in [2.05, 4.69) is 10.6 Å². The second-order valence-corrected chi connectivity index (χ2v) is 6.35. The van der Waals surface area contributed by atoms with Gasteiger partial charge in [-0.05, 0) is 30.9 Å². The van der Waals surface area contributed by atoms with Gasteiger partial charge in [0, 0.05) is 17.7 Å². The number of carbonyl (C=O) groups excluding carboxylic acids is 2. The number of hydrogen-bond donors (Lipinski definition) is 3. The van der Waals surface area contributed by atoms with Crippen molar-refractivity contribution >= 4 is 23.5 Å². The predicted octanol–water partition coefficient (Wildman–Crippen LogP) is 2.03. The van der Waals surface area contributed by atoms with Gasteiger partial charge in [0.05, 0.1) is 0 Å². The molecule has 7 heteroatoms. The van der Waals surface area contributed by atoms with Crippen LogP contribution in [0.5, 0.6) is 5.75 Å². The molecule has 2 rings (SSSR count). The lowest BCUT2D eigenvalue weighted by Crippen LogP contribution is -2.46. The Morgan fingerprint density at radius 3 is 2.64 bits per heavy atom. The van der Waals surface area contributed by atoms with Crippen LogP contribution in [0.4, 0.5) is 5.69 Å². The van der Waals surface area contributed by atoms with Crippen molar-refractivity contribution in [3.8, 4) is 5.75 Å². The fourth-order valence-corrected chi connectivity index (χ4v) is 2.30. The Labute approximate surface area is 146 Å². The molecule has 1 saturated carbocycles. The molecule has 0 spiro atoms. The summed E-state index contributed by atoms with van der Waals surface area (Å²) >= 11 is 0. The van der Waals surface area contributed by atoms with Crippen LogP contribution < -0.4 is 15.4 Å². The molecule has 1 aromatic carbocycles. The van der Waals surface area contributed by atoms with E-state index in [0.717, 1.165) is 12.8 Å². The third-order valence-electron chi connectivity index (χ3n) is 4.22. The number of aliphatic carboxylic acids is 1. The summed E-state index contributed by atoms with van der Waals surface area (Å²) in [6.45, 7) is 3.34. The summed E-state index contributed by atoms with van der Waals surface area (Å²) in [6.07, 6.45) is 2.48.